The van der Waals surface area contributed by atoms with Crippen molar-refractivity contribution in [3.05, 3.63) is 187 Å². The van der Waals surface area contributed by atoms with E-state index in [1.165, 1.54) is 38.6 Å². The minimum absolute atomic E-state index is 0.113. The first kappa shape index (κ1) is 29.5. The van der Waals surface area contributed by atoms with Crippen molar-refractivity contribution in [1.82, 2.24) is 0 Å². The smallest absolute Gasteiger partial charge is 0.137 e. The summed E-state index contributed by atoms with van der Waals surface area (Å²) < 4.78 is 7.02. The third kappa shape index (κ3) is 4.64. The summed E-state index contributed by atoms with van der Waals surface area (Å²) >= 11 is 0. The second-order valence-corrected chi connectivity index (χ2v) is 14.1. The highest BCUT2D eigenvalue weighted by Crippen LogP contribution is 2.55. The summed E-state index contributed by atoms with van der Waals surface area (Å²) in [4.78, 5) is 2.40. The van der Waals surface area contributed by atoms with Crippen molar-refractivity contribution in [3.8, 4) is 56.0 Å². The van der Waals surface area contributed by atoms with Gasteiger partial charge >= 0.3 is 0 Å². The first-order chi connectivity index (χ1) is 25.0. The number of nitrogens with zero attached hydrogens (tertiary/aromatic N) is 1. The lowest BCUT2D eigenvalue weighted by molar-refractivity contribution is 0.488. The molecule has 0 radical (unpaired) electrons. The van der Waals surface area contributed by atoms with Crippen LogP contribution in [0, 0.1) is 0 Å². The summed E-state index contributed by atoms with van der Waals surface area (Å²) in [6, 6.07) is 63.5. The zero-order valence-corrected chi connectivity index (χ0v) is 28.6. The van der Waals surface area contributed by atoms with Crippen LogP contribution in [0.5, 0.6) is 11.5 Å². The van der Waals surface area contributed by atoms with Crippen molar-refractivity contribution in [1.29, 1.82) is 0 Å². The summed E-state index contributed by atoms with van der Waals surface area (Å²) in [5.74, 6) is 1.69. The highest BCUT2D eigenvalue weighted by atomic mass is 16.5. The highest BCUT2D eigenvalue weighted by Gasteiger charge is 2.36. The van der Waals surface area contributed by atoms with Crippen LogP contribution in [0.25, 0.3) is 55.3 Å². The van der Waals surface area contributed by atoms with Crippen molar-refractivity contribution in [2.45, 2.75) is 19.3 Å². The normalized spacial score (nSPS) is 13.2. The Morgan fingerprint density at radius 3 is 1.94 bits per heavy atom. The van der Waals surface area contributed by atoms with Gasteiger partial charge in [0.1, 0.15) is 11.5 Å². The van der Waals surface area contributed by atoms with Crippen LogP contribution in [0.4, 0.5) is 17.1 Å². The Hall–Kier alpha value is -6.38. The number of para-hydroxylation sites is 1. The Morgan fingerprint density at radius 1 is 0.412 bits per heavy atom. The van der Waals surface area contributed by atoms with Crippen LogP contribution >= 0.6 is 0 Å². The maximum atomic E-state index is 7.02. The van der Waals surface area contributed by atoms with Gasteiger partial charge in [0.25, 0.3) is 0 Å². The summed E-state index contributed by atoms with van der Waals surface area (Å²) in [5, 5.41) is 2.47. The molecule has 0 spiro atoms. The summed E-state index contributed by atoms with van der Waals surface area (Å²) in [7, 11) is 0. The SMILES string of the molecule is CC1(C)c2ccccc2-c2ccc(N(c3ccccc3)c3cccc4c3-c3ccccc3-c3ccc(-c5ccc6ccccc6c5)cc3O4)cc21. The quantitative estimate of drug-likeness (QED) is 0.187. The molecule has 0 fully saturated rings. The van der Waals surface area contributed by atoms with Crippen LogP contribution in [0.1, 0.15) is 25.0 Å². The van der Waals surface area contributed by atoms with Gasteiger partial charge in [-0.05, 0) is 110 Å². The molecule has 2 aliphatic rings. The van der Waals surface area contributed by atoms with E-state index in [1.807, 2.05) is 0 Å². The van der Waals surface area contributed by atoms with Gasteiger partial charge < -0.3 is 9.64 Å². The van der Waals surface area contributed by atoms with Crippen molar-refractivity contribution in [2.75, 3.05) is 4.90 Å². The maximum Gasteiger partial charge on any atom is 0.137 e. The predicted octanol–water partition coefficient (Wildman–Crippen LogP) is 13.7. The van der Waals surface area contributed by atoms with E-state index in [4.69, 9.17) is 4.74 Å². The fourth-order valence-electron chi connectivity index (χ4n) is 8.33. The average molecular weight is 654 g/mol. The summed E-state index contributed by atoms with van der Waals surface area (Å²) in [6.45, 7) is 4.69. The molecule has 0 aromatic heterocycles. The van der Waals surface area contributed by atoms with E-state index in [0.717, 1.165) is 56.4 Å². The minimum atomic E-state index is -0.113. The monoisotopic (exact) mass is 653 g/mol. The number of hydrogen-bond acceptors (Lipinski definition) is 2. The molecule has 2 nitrogen and oxygen atoms in total. The van der Waals surface area contributed by atoms with E-state index in [1.54, 1.807) is 0 Å². The Kier molecular flexibility index (Phi) is 6.56. The second kappa shape index (κ2) is 11.3. The molecule has 242 valence electrons. The fraction of sp³-hybridized carbons (Fsp3) is 0.0612. The lowest BCUT2D eigenvalue weighted by Crippen LogP contribution is -2.17. The van der Waals surface area contributed by atoms with Gasteiger partial charge in [-0.2, -0.15) is 0 Å². The third-order valence-electron chi connectivity index (χ3n) is 10.9. The van der Waals surface area contributed by atoms with Crippen LogP contribution < -0.4 is 9.64 Å². The topological polar surface area (TPSA) is 12.5 Å². The molecule has 0 saturated carbocycles. The molecule has 1 aliphatic carbocycles. The van der Waals surface area contributed by atoms with Crippen molar-refractivity contribution < 1.29 is 4.74 Å². The van der Waals surface area contributed by atoms with E-state index < -0.39 is 0 Å². The van der Waals surface area contributed by atoms with Gasteiger partial charge in [-0.3, -0.25) is 0 Å². The van der Waals surface area contributed by atoms with Crippen LogP contribution in [0.15, 0.2) is 176 Å². The molecule has 0 unspecified atom stereocenters. The fourth-order valence-corrected chi connectivity index (χ4v) is 8.33. The van der Waals surface area contributed by atoms with E-state index in [-0.39, 0.29) is 5.41 Å². The van der Waals surface area contributed by atoms with Crippen molar-refractivity contribution >= 4 is 27.8 Å². The molecule has 0 saturated heterocycles. The molecule has 0 N–H and O–H groups in total. The van der Waals surface area contributed by atoms with E-state index in [0.29, 0.717) is 0 Å². The van der Waals surface area contributed by atoms with Gasteiger partial charge in [0.2, 0.25) is 0 Å². The van der Waals surface area contributed by atoms with Crippen LogP contribution in [0.2, 0.25) is 0 Å². The summed E-state index contributed by atoms with van der Waals surface area (Å²) in [6.07, 6.45) is 0. The molecular formula is C49H35NO. The first-order valence-corrected chi connectivity index (χ1v) is 17.7. The van der Waals surface area contributed by atoms with Crippen LogP contribution in [0.3, 0.4) is 0 Å². The van der Waals surface area contributed by atoms with Gasteiger partial charge in [0, 0.05) is 27.9 Å². The molecule has 1 heterocycles. The molecule has 0 atom stereocenters. The molecule has 0 bridgehead atoms. The van der Waals surface area contributed by atoms with Crippen LogP contribution in [-0.2, 0) is 5.41 Å². The number of ether oxygens (including phenoxy) is 1. The standard InChI is InChI=1S/C49H35NO/c1-49(2)43-20-11-10-18-39(43)40-28-26-37(31-44(40)49)50(36-15-4-3-5-16-36)45-21-12-22-46-48(45)42-19-9-8-17-38(42)41-27-25-35(30-47(41)51-46)34-24-23-32-13-6-7-14-33(32)29-34/h3-31H,1-2H3. The van der Waals surface area contributed by atoms with Gasteiger partial charge in [0.05, 0.1) is 5.69 Å². The van der Waals surface area contributed by atoms with E-state index >= 15 is 0 Å². The second-order valence-electron chi connectivity index (χ2n) is 14.1. The minimum Gasteiger partial charge on any atom is -0.456 e. The van der Waals surface area contributed by atoms with Gasteiger partial charge in [-0.15, -0.1) is 0 Å². The molecule has 0 amide bonds. The predicted molar refractivity (Wildman–Crippen MR) is 213 cm³/mol. The number of rotatable bonds is 4. The molecule has 8 aromatic carbocycles. The highest BCUT2D eigenvalue weighted by molar-refractivity contribution is 6.00. The van der Waals surface area contributed by atoms with Gasteiger partial charge in [-0.25, -0.2) is 0 Å². The Balaban J connectivity index is 1.16. The maximum absolute atomic E-state index is 7.02. The molecule has 10 rings (SSSR count). The first-order valence-electron chi connectivity index (χ1n) is 17.7. The Labute approximate surface area is 298 Å². The average Bonchev–Trinajstić information content (AvgIpc) is 3.30. The number of hydrogen-bond donors (Lipinski definition) is 0. The summed E-state index contributed by atoms with van der Waals surface area (Å²) in [5.41, 5.74) is 15.3. The van der Waals surface area contributed by atoms with Crippen molar-refractivity contribution in [3.63, 3.8) is 0 Å². The van der Waals surface area contributed by atoms with Gasteiger partial charge in [-0.1, -0.05) is 135 Å². The Morgan fingerprint density at radius 2 is 1.08 bits per heavy atom. The molecule has 51 heavy (non-hydrogen) atoms. The number of benzene rings is 8. The number of anilines is 3. The van der Waals surface area contributed by atoms with Gasteiger partial charge in [0.15, 0.2) is 0 Å². The largest absolute Gasteiger partial charge is 0.456 e. The Bertz CT molecular complexity index is 2650. The molecule has 1 aliphatic heterocycles. The molecular weight excluding hydrogens is 619 g/mol. The third-order valence-corrected chi connectivity index (χ3v) is 10.9. The van der Waals surface area contributed by atoms with E-state index in [9.17, 15) is 0 Å². The molecule has 8 aromatic rings. The zero-order chi connectivity index (χ0) is 34.1. The zero-order valence-electron chi connectivity index (χ0n) is 28.6. The lowest BCUT2D eigenvalue weighted by atomic mass is 9.82. The lowest BCUT2D eigenvalue weighted by Gasteiger charge is -2.30. The van der Waals surface area contributed by atoms with E-state index in [2.05, 4.69) is 195 Å². The number of fused-ring (bicyclic) bond motifs is 9. The van der Waals surface area contributed by atoms with Crippen LogP contribution in [-0.4, -0.2) is 0 Å². The molecule has 2 heteroatoms. The van der Waals surface area contributed by atoms with Crippen molar-refractivity contribution in [2.24, 2.45) is 0 Å².